The van der Waals surface area contributed by atoms with Crippen molar-refractivity contribution in [3.05, 3.63) is 18.2 Å². The van der Waals surface area contributed by atoms with Gasteiger partial charge in [-0.05, 0) is 19.2 Å². The number of anilines is 1. The lowest BCUT2D eigenvalue weighted by Gasteiger charge is -2.32. The van der Waals surface area contributed by atoms with E-state index in [4.69, 9.17) is 9.47 Å². The van der Waals surface area contributed by atoms with E-state index in [1.165, 1.54) is 0 Å². The summed E-state index contributed by atoms with van der Waals surface area (Å²) in [4.78, 5) is 16.7. The molecule has 0 radical (unpaired) electrons. The molecule has 22 heavy (non-hydrogen) atoms. The molecule has 2 aliphatic heterocycles. The van der Waals surface area contributed by atoms with Crippen LogP contribution in [0.25, 0.3) is 0 Å². The molecule has 2 aliphatic rings. The number of rotatable bonds is 4. The van der Waals surface area contributed by atoms with Gasteiger partial charge in [0.25, 0.3) is 0 Å². The number of nitrogens with one attached hydrogen (secondary N) is 1. The Hall–Kier alpha value is -1.79. The van der Waals surface area contributed by atoms with Crippen LogP contribution in [-0.4, -0.2) is 68.7 Å². The molecule has 0 atom stereocenters. The van der Waals surface area contributed by atoms with Crippen LogP contribution in [0.3, 0.4) is 0 Å². The maximum absolute atomic E-state index is 12.1. The van der Waals surface area contributed by atoms with Crippen LogP contribution in [0.1, 0.15) is 6.42 Å². The first kappa shape index (κ1) is 15.1. The Labute approximate surface area is 131 Å². The van der Waals surface area contributed by atoms with Gasteiger partial charge in [-0.15, -0.1) is 0 Å². The zero-order valence-electron chi connectivity index (χ0n) is 13.0. The molecule has 6 heteroatoms. The zero-order valence-corrected chi connectivity index (χ0v) is 13.0. The first-order valence-electron chi connectivity index (χ1n) is 7.81. The molecular weight excluding hydrogens is 282 g/mol. The third-order valence-corrected chi connectivity index (χ3v) is 4.08. The molecule has 3 rings (SSSR count). The first-order valence-corrected chi connectivity index (χ1v) is 7.81. The number of hydrogen-bond donors (Lipinski definition) is 1. The van der Waals surface area contributed by atoms with Gasteiger partial charge in [0, 0.05) is 50.9 Å². The van der Waals surface area contributed by atoms with Crippen molar-refractivity contribution >= 4 is 11.6 Å². The van der Waals surface area contributed by atoms with Gasteiger partial charge in [-0.3, -0.25) is 4.79 Å². The molecule has 120 valence electrons. The standard InChI is InChI=1S/C16H23N3O3/c1-18-6-8-19(9-7-18)5-4-16(20)17-13-2-3-14-15(12-13)22-11-10-21-14/h2-3,12H,4-11H2,1H3,(H,17,20). The van der Waals surface area contributed by atoms with Gasteiger partial charge in [0.05, 0.1) is 0 Å². The van der Waals surface area contributed by atoms with Crippen molar-refractivity contribution in [3.8, 4) is 11.5 Å². The van der Waals surface area contributed by atoms with Crippen molar-refractivity contribution in [1.82, 2.24) is 9.80 Å². The van der Waals surface area contributed by atoms with E-state index in [1.54, 1.807) is 0 Å². The number of carbonyl (C=O) groups excluding carboxylic acids is 1. The molecule has 0 aromatic heterocycles. The Morgan fingerprint density at radius 1 is 1.14 bits per heavy atom. The summed E-state index contributed by atoms with van der Waals surface area (Å²) in [5, 5.41) is 2.93. The minimum atomic E-state index is 0.0376. The van der Waals surface area contributed by atoms with Crippen molar-refractivity contribution in [2.75, 3.05) is 58.3 Å². The fraction of sp³-hybridized carbons (Fsp3) is 0.562. The predicted octanol–water partition coefficient (Wildman–Crippen LogP) is 1.03. The highest BCUT2D eigenvalue weighted by atomic mass is 16.6. The number of benzene rings is 1. The van der Waals surface area contributed by atoms with Gasteiger partial charge in [-0.2, -0.15) is 0 Å². The molecule has 1 saturated heterocycles. The summed E-state index contributed by atoms with van der Waals surface area (Å²) >= 11 is 0. The summed E-state index contributed by atoms with van der Waals surface area (Å²) in [6.45, 7) is 6.15. The van der Waals surface area contributed by atoms with E-state index in [-0.39, 0.29) is 5.91 Å². The highest BCUT2D eigenvalue weighted by Crippen LogP contribution is 2.32. The van der Waals surface area contributed by atoms with E-state index in [0.29, 0.717) is 25.4 Å². The van der Waals surface area contributed by atoms with Crippen molar-refractivity contribution in [2.24, 2.45) is 0 Å². The number of ether oxygens (including phenoxy) is 2. The lowest BCUT2D eigenvalue weighted by molar-refractivity contribution is -0.116. The van der Waals surface area contributed by atoms with Crippen LogP contribution in [0.5, 0.6) is 11.5 Å². The monoisotopic (exact) mass is 305 g/mol. The van der Waals surface area contributed by atoms with Crippen molar-refractivity contribution in [2.45, 2.75) is 6.42 Å². The largest absolute Gasteiger partial charge is 0.486 e. The Balaban J connectivity index is 1.47. The Morgan fingerprint density at radius 2 is 1.86 bits per heavy atom. The van der Waals surface area contributed by atoms with Crippen molar-refractivity contribution in [3.63, 3.8) is 0 Å². The summed E-state index contributed by atoms with van der Waals surface area (Å²) in [5.74, 6) is 1.47. The highest BCUT2D eigenvalue weighted by Gasteiger charge is 2.16. The van der Waals surface area contributed by atoms with Gasteiger partial charge in [0.15, 0.2) is 11.5 Å². The average Bonchev–Trinajstić information content (AvgIpc) is 2.54. The normalized spacial score (nSPS) is 19.0. The molecule has 1 N–H and O–H groups in total. The minimum absolute atomic E-state index is 0.0376. The van der Waals surface area contributed by atoms with Crippen LogP contribution in [0.2, 0.25) is 0 Å². The summed E-state index contributed by atoms with van der Waals surface area (Å²) in [7, 11) is 2.13. The molecule has 2 heterocycles. The summed E-state index contributed by atoms with van der Waals surface area (Å²) < 4.78 is 11.0. The minimum Gasteiger partial charge on any atom is -0.486 e. The molecule has 0 saturated carbocycles. The third kappa shape index (κ3) is 3.90. The zero-order chi connectivity index (χ0) is 15.4. The Bertz CT molecular complexity index is 527. The fourth-order valence-electron chi connectivity index (χ4n) is 2.68. The summed E-state index contributed by atoms with van der Waals surface area (Å²) in [6, 6.07) is 5.51. The quantitative estimate of drug-likeness (QED) is 0.900. The Morgan fingerprint density at radius 3 is 2.64 bits per heavy atom. The molecule has 0 spiro atoms. The van der Waals surface area contributed by atoms with Crippen LogP contribution in [0.4, 0.5) is 5.69 Å². The second-order valence-electron chi connectivity index (χ2n) is 5.80. The molecule has 0 unspecified atom stereocenters. The molecule has 6 nitrogen and oxygen atoms in total. The van der Waals surface area contributed by atoms with Crippen molar-refractivity contribution < 1.29 is 14.3 Å². The van der Waals surface area contributed by atoms with Crippen LogP contribution in [0, 0.1) is 0 Å². The predicted molar refractivity (Wildman–Crippen MR) is 84.6 cm³/mol. The van der Waals surface area contributed by atoms with E-state index in [9.17, 15) is 4.79 Å². The van der Waals surface area contributed by atoms with Crippen LogP contribution < -0.4 is 14.8 Å². The fourth-order valence-corrected chi connectivity index (χ4v) is 2.68. The van der Waals surface area contributed by atoms with E-state index in [2.05, 4.69) is 22.2 Å². The maximum atomic E-state index is 12.1. The summed E-state index contributed by atoms with van der Waals surface area (Å²) in [5.41, 5.74) is 0.757. The van der Waals surface area contributed by atoms with Crippen LogP contribution in [0.15, 0.2) is 18.2 Å². The molecule has 1 aromatic rings. The lowest BCUT2D eigenvalue weighted by atomic mass is 10.2. The van der Waals surface area contributed by atoms with E-state index >= 15 is 0 Å². The molecular formula is C16H23N3O3. The van der Waals surface area contributed by atoms with E-state index < -0.39 is 0 Å². The van der Waals surface area contributed by atoms with Gasteiger partial charge in [0.2, 0.25) is 5.91 Å². The van der Waals surface area contributed by atoms with Crippen molar-refractivity contribution in [1.29, 1.82) is 0 Å². The average molecular weight is 305 g/mol. The second kappa shape index (κ2) is 6.98. The van der Waals surface area contributed by atoms with E-state index in [0.717, 1.165) is 44.2 Å². The van der Waals surface area contributed by atoms with Gasteiger partial charge < -0.3 is 24.6 Å². The highest BCUT2D eigenvalue weighted by molar-refractivity contribution is 5.91. The van der Waals surface area contributed by atoms with Crippen LogP contribution in [-0.2, 0) is 4.79 Å². The molecule has 1 aromatic carbocycles. The number of hydrogen-bond acceptors (Lipinski definition) is 5. The number of amides is 1. The van der Waals surface area contributed by atoms with Gasteiger partial charge in [0.1, 0.15) is 13.2 Å². The SMILES string of the molecule is CN1CCN(CCC(=O)Nc2ccc3c(c2)OCCO3)CC1. The second-order valence-corrected chi connectivity index (χ2v) is 5.80. The maximum Gasteiger partial charge on any atom is 0.225 e. The number of fused-ring (bicyclic) bond motifs is 1. The molecule has 0 bridgehead atoms. The number of nitrogens with zero attached hydrogens (tertiary/aromatic N) is 2. The lowest BCUT2D eigenvalue weighted by Crippen LogP contribution is -2.45. The first-order chi connectivity index (χ1) is 10.7. The third-order valence-electron chi connectivity index (χ3n) is 4.08. The summed E-state index contributed by atoms with van der Waals surface area (Å²) in [6.07, 6.45) is 0.512. The smallest absolute Gasteiger partial charge is 0.225 e. The van der Waals surface area contributed by atoms with Crippen LogP contribution >= 0.6 is 0 Å². The number of carbonyl (C=O) groups is 1. The Kier molecular flexibility index (Phi) is 4.80. The topological polar surface area (TPSA) is 54.0 Å². The number of likely N-dealkylation sites (N-methyl/N-ethyl adjacent to an activating group) is 1. The van der Waals surface area contributed by atoms with Gasteiger partial charge >= 0.3 is 0 Å². The van der Waals surface area contributed by atoms with E-state index in [1.807, 2.05) is 18.2 Å². The van der Waals surface area contributed by atoms with Gasteiger partial charge in [-0.25, -0.2) is 0 Å². The molecule has 0 aliphatic carbocycles. The van der Waals surface area contributed by atoms with Gasteiger partial charge in [-0.1, -0.05) is 0 Å². The molecule has 1 fully saturated rings. The number of piperazine rings is 1. The molecule has 1 amide bonds.